The minimum absolute atomic E-state index is 0. The van der Waals surface area contributed by atoms with Crippen LogP contribution in [0.1, 0.15) is 35.7 Å². The number of nitrogens with zero attached hydrogens (tertiary/aromatic N) is 1. The van der Waals surface area contributed by atoms with Crippen LogP contribution in [0.4, 0.5) is 5.69 Å². The molecule has 2 unspecified atom stereocenters. The fourth-order valence-corrected chi connectivity index (χ4v) is 3.02. The smallest absolute Gasteiger partial charge is 0.191 e. The van der Waals surface area contributed by atoms with E-state index in [1.54, 1.807) is 12.1 Å². The van der Waals surface area contributed by atoms with E-state index in [2.05, 4.69) is 12.2 Å². The standard InChI is InChI=1S/C24H34N2O3.ClH/c1-4-5-15-25-17-22(27)18-29-23(24(28)20-9-7-6-8-10-20)16-19-11-13-21(14-12-19)26(2)3;/h6-14,22-23,25,27H,4-5,15-18H2,1-3H3;1H. The number of ether oxygens (including phenoxy) is 1. The minimum Gasteiger partial charge on any atom is -0.389 e. The van der Waals surface area contributed by atoms with E-state index in [-0.39, 0.29) is 24.8 Å². The number of halogens is 1. The Labute approximate surface area is 186 Å². The average molecular weight is 435 g/mol. The Bertz CT molecular complexity index is 723. The van der Waals surface area contributed by atoms with Gasteiger partial charge in [0.1, 0.15) is 6.10 Å². The molecule has 2 aromatic carbocycles. The molecule has 5 nitrogen and oxygen atoms in total. The summed E-state index contributed by atoms with van der Waals surface area (Å²) in [5.74, 6) is -0.0616. The van der Waals surface area contributed by atoms with E-state index in [1.807, 2.05) is 61.5 Å². The van der Waals surface area contributed by atoms with Gasteiger partial charge in [0, 0.05) is 38.3 Å². The number of aliphatic hydroxyl groups is 1. The number of hydrogen-bond acceptors (Lipinski definition) is 5. The molecular weight excluding hydrogens is 400 g/mol. The average Bonchev–Trinajstić information content (AvgIpc) is 2.74. The van der Waals surface area contributed by atoms with Gasteiger partial charge in [0.2, 0.25) is 0 Å². The summed E-state index contributed by atoms with van der Waals surface area (Å²) < 4.78 is 5.91. The molecule has 0 radical (unpaired) electrons. The zero-order valence-corrected chi connectivity index (χ0v) is 19.0. The molecule has 0 saturated heterocycles. The number of rotatable bonds is 13. The Hall–Kier alpha value is -1.92. The summed E-state index contributed by atoms with van der Waals surface area (Å²) in [6.45, 7) is 3.59. The molecule has 2 atom stereocenters. The number of aliphatic hydroxyl groups excluding tert-OH is 1. The predicted octanol–water partition coefficient (Wildman–Crippen LogP) is 3.74. The second-order valence-corrected chi connectivity index (χ2v) is 7.53. The SMILES string of the molecule is CCCCNCC(O)COC(Cc1ccc(N(C)C)cc1)C(=O)c1ccccc1.Cl. The molecule has 0 fully saturated rings. The van der Waals surface area contributed by atoms with Crippen molar-refractivity contribution in [1.29, 1.82) is 0 Å². The predicted molar refractivity (Wildman–Crippen MR) is 126 cm³/mol. The first-order valence-corrected chi connectivity index (χ1v) is 10.4. The maximum absolute atomic E-state index is 13.0. The van der Waals surface area contributed by atoms with Crippen molar-refractivity contribution in [1.82, 2.24) is 5.32 Å². The third-order valence-corrected chi connectivity index (χ3v) is 4.80. The van der Waals surface area contributed by atoms with Gasteiger partial charge < -0.3 is 20.1 Å². The summed E-state index contributed by atoms with van der Waals surface area (Å²) in [5, 5.41) is 13.4. The van der Waals surface area contributed by atoms with Gasteiger partial charge in [-0.25, -0.2) is 0 Å². The molecule has 2 aromatic rings. The lowest BCUT2D eigenvalue weighted by Crippen LogP contribution is -2.35. The fourth-order valence-electron chi connectivity index (χ4n) is 3.02. The van der Waals surface area contributed by atoms with Crippen molar-refractivity contribution in [3.63, 3.8) is 0 Å². The lowest BCUT2D eigenvalue weighted by atomic mass is 9.99. The maximum atomic E-state index is 13.0. The van der Waals surface area contributed by atoms with Crippen molar-refractivity contribution < 1.29 is 14.6 Å². The van der Waals surface area contributed by atoms with Crippen LogP contribution in [0.5, 0.6) is 0 Å². The highest BCUT2D eigenvalue weighted by Crippen LogP contribution is 2.17. The van der Waals surface area contributed by atoms with Gasteiger partial charge >= 0.3 is 0 Å². The monoisotopic (exact) mass is 434 g/mol. The number of Topliss-reactive ketones (excluding diaryl/α,β-unsaturated/α-hetero) is 1. The topological polar surface area (TPSA) is 61.8 Å². The van der Waals surface area contributed by atoms with E-state index in [0.717, 1.165) is 30.6 Å². The molecule has 0 heterocycles. The summed E-state index contributed by atoms with van der Waals surface area (Å²) in [6.07, 6.45) is 1.38. The van der Waals surface area contributed by atoms with Crippen molar-refractivity contribution in [3.8, 4) is 0 Å². The van der Waals surface area contributed by atoms with Crippen molar-refractivity contribution in [2.45, 2.75) is 38.4 Å². The lowest BCUT2D eigenvalue weighted by molar-refractivity contribution is -0.00164. The summed E-state index contributed by atoms with van der Waals surface area (Å²) in [7, 11) is 3.99. The first-order valence-electron chi connectivity index (χ1n) is 10.4. The van der Waals surface area contributed by atoms with Gasteiger partial charge in [0.05, 0.1) is 12.7 Å². The van der Waals surface area contributed by atoms with E-state index in [4.69, 9.17) is 4.74 Å². The lowest BCUT2D eigenvalue weighted by Gasteiger charge is -2.20. The highest BCUT2D eigenvalue weighted by Gasteiger charge is 2.22. The molecular formula is C24H35ClN2O3. The summed E-state index contributed by atoms with van der Waals surface area (Å²) in [4.78, 5) is 15.0. The quantitative estimate of drug-likeness (QED) is 0.371. The minimum atomic E-state index is -0.644. The van der Waals surface area contributed by atoms with Crippen LogP contribution in [0.2, 0.25) is 0 Å². The Kier molecular flexibility index (Phi) is 12.3. The van der Waals surface area contributed by atoms with Crippen molar-refractivity contribution >= 4 is 23.9 Å². The number of carbonyl (C=O) groups excluding carboxylic acids is 1. The van der Waals surface area contributed by atoms with E-state index < -0.39 is 12.2 Å². The van der Waals surface area contributed by atoms with Crippen molar-refractivity contribution in [2.24, 2.45) is 0 Å². The number of carbonyl (C=O) groups is 1. The number of unbranched alkanes of at least 4 members (excludes halogenated alkanes) is 1. The summed E-state index contributed by atoms with van der Waals surface area (Å²) in [6, 6.07) is 17.3. The molecule has 0 saturated carbocycles. The van der Waals surface area contributed by atoms with Gasteiger partial charge in [-0.1, -0.05) is 55.8 Å². The zero-order valence-electron chi connectivity index (χ0n) is 18.2. The van der Waals surface area contributed by atoms with Gasteiger partial charge in [0.15, 0.2) is 5.78 Å². The largest absolute Gasteiger partial charge is 0.389 e. The maximum Gasteiger partial charge on any atom is 0.191 e. The Morgan fingerprint density at radius 3 is 2.37 bits per heavy atom. The van der Waals surface area contributed by atoms with Crippen molar-refractivity contribution in [3.05, 3.63) is 65.7 Å². The number of benzene rings is 2. The van der Waals surface area contributed by atoms with E-state index in [1.165, 1.54) is 0 Å². The van der Waals surface area contributed by atoms with Gasteiger partial charge in [-0.05, 0) is 30.7 Å². The zero-order chi connectivity index (χ0) is 21.1. The van der Waals surface area contributed by atoms with Crippen LogP contribution in [0.15, 0.2) is 54.6 Å². The van der Waals surface area contributed by atoms with Crippen LogP contribution in [0.3, 0.4) is 0 Å². The molecule has 0 aliphatic heterocycles. The van der Waals surface area contributed by atoms with E-state index in [9.17, 15) is 9.90 Å². The molecule has 0 aliphatic rings. The van der Waals surface area contributed by atoms with Crippen LogP contribution in [-0.2, 0) is 11.2 Å². The van der Waals surface area contributed by atoms with E-state index in [0.29, 0.717) is 18.5 Å². The van der Waals surface area contributed by atoms with Gasteiger partial charge in [-0.3, -0.25) is 4.79 Å². The first kappa shape index (κ1) is 26.1. The third kappa shape index (κ3) is 8.84. The number of ketones is 1. The number of nitrogens with one attached hydrogen (secondary N) is 1. The van der Waals surface area contributed by atoms with Crippen LogP contribution >= 0.6 is 12.4 Å². The third-order valence-electron chi connectivity index (χ3n) is 4.80. The molecule has 2 rings (SSSR count). The van der Waals surface area contributed by atoms with Gasteiger partial charge in [-0.2, -0.15) is 0 Å². The van der Waals surface area contributed by atoms with Crippen LogP contribution in [-0.4, -0.2) is 56.9 Å². The second-order valence-electron chi connectivity index (χ2n) is 7.53. The second kappa shape index (κ2) is 14.1. The molecule has 0 bridgehead atoms. The molecule has 0 aliphatic carbocycles. The fraction of sp³-hybridized carbons (Fsp3) is 0.458. The summed E-state index contributed by atoms with van der Waals surface area (Å²) >= 11 is 0. The number of hydrogen-bond donors (Lipinski definition) is 2. The number of anilines is 1. The molecule has 0 aromatic heterocycles. The molecule has 6 heteroatoms. The molecule has 2 N–H and O–H groups in total. The summed E-state index contributed by atoms with van der Waals surface area (Å²) in [5.41, 5.74) is 2.76. The van der Waals surface area contributed by atoms with Gasteiger partial charge in [-0.15, -0.1) is 12.4 Å². The van der Waals surface area contributed by atoms with Crippen LogP contribution < -0.4 is 10.2 Å². The molecule has 30 heavy (non-hydrogen) atoms. The van der Waals surface area contributed by atoms with Crippen LogP contribution in [0, 0.1) is 0 Å². The Morgan fingerprint density at radius 2 is 1.77 bits per heavy atom. The molecule has 0 spiro atoms. The van der Waals surface area contributed by atoms with Crippen LogP contribution in [0.25, 0.3) is 0 Å². The van der Waals surface area contributed by atoms with Crippen molar-refractivity contribution in [2.75, 3.05) is 38.7 Å². The highest BCUT2D eigenvalue weighted by atomic mass is 35.5. The van der Waals surface area contributed by atoms with E-state index >= 15 is 0 Å². The Balaban J connectivity index is 0.00000450. The first-order chi connectivity index (χ1) is 14.0. The highest BCUT2D eigenvalue weighted by molar-refractivity contribution is 5.99. The Morgan fingerprint density at radius 1 is 1.10 bits per heavy atom. The molecule has 166 valence electrons. The molecule has 0 amide bonds. The normalized spacial score (nSPS) is 12.7. The van der Waals surface area contributed by atoms with Gasteiger partial charge in [0.25, 0.3) is 0 Å².